The Morgan fingerprint density at radius 3 is 1.94 bits per heavy atom. The molecule has 1 rings (SSSR count). The van der Waals surface area contributed by atoms with Crippen molar-refractivity contribution in [3.63, 3.8) is 0 Å². The fourth-order valence-corrected chi connectivity index (χ4v) is 2.28. The van der Waals surface area contributed by atoms with Crippen LogP contribution < -0.4 is 0 Å². The molecule has 1 aliphatic rings. The van der Waals surface area contributed by atoms with Crippen molar-refractivity contribution in [3.05, 3.63) is 0 Å². The van der Waals surface area contributed by atoms with Crippen LogP contribution in [-0.2, 0) is 0 Å². The van der Waals surface area contributed by atoms with Crippen LogP contribution in [0.4, 0.5) is 0 Å². The van der Waals surface area contributed by atoms with E-state index in [0.717, 1.165) is 65.2 Å². The summed E-state index contributed by atoms with van der Waals surface area (Å²) in [5.74, 6) is 0. The van der Waals surface area contributed by atoms with E-state index in [0.29, 0.717) is 0 Å². The predicted molar refractivity (Wildman–Crippen MR) is 73.8 cm³/mol. The molecule has 0 aromatic rings. The SMILES string of the molecule is CN1CCN(CCN(CCCO)CCCO)CC1. The first-order chi connectivity index (χ1) is 8.76. The van der Waals surface area contributed by atoms with Crippen molar-refractivity contribution in [3.8, 4) is 0 Å². The van der Waals surface area contributed by atoms with Crippen LogP contribution in [-0.4, -0.2) is 97.5 Å². The van der Waals surface area contributed by atoms with Crippen molar-refractivity contribution in [2.24, 2.45) is 0 Å². The first-order valence-electron chi connectivity index (χ1n) is 7.11. The van der Waals surface area contributed by atoms with Crippen molar-refractivity contribution >= 4 is 0 Å². The zero-order valence-electron chi connectivity index (χ0n) is 11.7. The number of hydrogen-bond donors (Lipinski definition) is 2. The predicted octanol–water partition coefficient (Wildman–Crippen LogP) is -0.699. The monoisotopic (exact) mass is 259 g/mol. The normalized spacial score (nSPS) is 18.7. The van der Waals surface area contributed by atoms with Gasteiger partial charge in [-0.3, -0.25) is 4.90 Å². The molecular weight excluding hydrogens is 230 g/mol. The molecule has 5 heteroatoms. The highest BCUT2D eigenvalue weighted by Gasteiger charge is 2.14. The second-order valence-corrected chi connectivity index (χ2v) is 5.14. The third kappa shape index (κ3) is 6.66. The highest BCUT2D eigenvalue weighted by atomic mass is 16.3. The lowest BCUT2D eigenvalue weighted by Gasteiger charge is -2.34. The van der Waals surface area contributed by atoms with E-state index < -0.39 is 0 Å². The van der Waals surface area contributed by atoms with E-state index in [4.69, 9.17) is 10.2 Å². The highest BCUT2D eigenvalue weighted by Crippen LogP contribution is 2.01. The van der Waals surface area contributed by atoms with Crippen LogP contribution in [0, 0.1) is 0 Å². The maximum Gasteiger partial charge on any atom is 0.0443 e. The van der Waals surface area contributed by atoms with Gasteiger partial charge in [-0.25, -0.2) is 0 Å². The lowest BCUT2D eigenvalue weighted by Crippen LogP contribution is -2.47. The number of aliphatic hydroxyl groups excluding tert-OH is 2. The molecule has 5 nitrogen and oxygen atoms in total. The second-order valence-electron chi connectivity index (χ2n) is 5.14. The molecular formula is C13H29N3O2. The van der Waals surface area contributed by atoms with Gasteiger partial charge in [-0.05, 0) is 19.9 Å². The fraction of sp³-hybridized carbons (Fsp3) is 1.00. The van der Waals surface area contributed by atoms with Gasteiger partial charge in [0.05, 0.1) is 0 Å². The van der Waals surface area contributed by atoms with E-state index in [-0.39, 0.29) is 13.2 Å². The van der Waals surface area contributed by atoms with E-state index >= 15 is 0 Å². The second kappa shape index (κ2) is 9.69. The third-order valence-corrected chi connectivity index (χ3v) is 3.59. The van der Waals surface area contributed by atoms with Gasteiger partial charge in [0, 0.05) is 65.6 Å². The maximum absolute atomic E-state index is 8.89. The number of aliphatic hydroxyl groups is 2. The Labute approximate surface area is 111 Å². The molecule has 1 heterocycles. The summed E-state index contributed by atoms with van der Waals surface area (Å²) in [6.07, 6.45) is 1.66. The van der Waals surface area contributed by atoms with Crippen LogP contribution in [0.2, 0.25) is 0 Å². The zero-order chi connectivity index (χ0) is 13.2. The Morgan fingerprint density at radius 1 is 0.889 bits per heavy atom. The topological polar surface area (TPSA) is 50.2 Å². The van der Waals surface area contributed by atoms with E-state index in [1.807, 2.05) is 0 Å². The molecule has 108 valence electrons. The number of likely N-dealkylation sites (N-methyl/N-ethyl adjacent to an activating group) is 1. The average Bonchev–Trinajstić information content (AvgIpc) is 2.40. The van der Waals surface area contributed by atoms with Gasteiger partial charge in [0.1, 0.15) is 0 Å². The fourth-order valence-electron chi connectivity index (χ4n) is 2.28. The molecule has 0 aliphatic carbocycles. The molecule has 0 aromatic carbocycles. The van der Waals surface area contributed by atoms with E-state index in [2.05, 4.69) is 21.7 Å². The largest absolute Gasteiger partial charge is 0.396 e. The van der Waals surface area contributed by atoms with E-state index in [1.54, 1.807) is 0 Å². The number of piperazine rings is 1. The minimum Gasteiger partial charge on any atom is -0.396 e. The van der Waals surface area contributed by atoms with Crippen molar-refractivity contribution in [1.29, 1.82) is 0 Å². The van der Waals surface area contributed by atoms with Crippen LogP contribution in [0.25, 0.3) is 0 Å². The molecule has 0 saturated carbocycles. The molecule has 0 radical (unpaired) electrons. The summed E-state index contributed by atoms with van der Waals surface area (Å²) in [7, 11) is 2.17. The molecule has 0 aromatic heterocycles. The molecule has 1 aliphatic heterocycles. The Bertz CT molecular complexity index is 189. The van der Waals surface area contributed by atoms with Gasteiger partial charge >= 0.3 is 0 Å². The standard InChI is InChI=1S/C13H29N3O2/c1-14-6-8-16(9-7-14)11-10-15(4-2-12-17)5-3-13-18/h17-18H,2-13H2,1H3. The first kappa shape index (κ1) is 15.9. The van der Waals surface area contributed by atoms with Crippen LogP contribution in [0.3, 0.4) is 0 Å². The average molecular weight is 259 g/mol. The van der Waals surface area contributed by atoms with Gasteiger partial charge in [0.25, 0.3) is 0 Å². The van der Waals surface area contributed by atoms with Crippen molar-refractivity contribution in [1.82, 2.24) is 14.7 Å². The van der Waals surface area contributed by atoms with Gasteiger partial charge in [-0.15, -0.1) is 0 Å². The Kier molecular flexibility index (Phi) is 8.54. The van der Waals surface area contributed by atoms with Gasteiger partial charge < -0.3 is 20.0 Å². The summed E-state index contributed by atoms with van der Waals surface area (Å²) >= 11 is 0. The molecule has 0 atom stereocenters. The molecule has 1 fully saturated rings. The third-order valence-electron chi connectivity index (χ3n) is 3.59. The summed E-state index contributed by atoms with van der Waals surface area (Å²) in [5, 5.41) is 17.8. The first-order valence-corrected chi connectivity index (χ1v) is 7.11. The van der Waals surface area contributed by atoms with Crippen molar-refractivity contribution in [2.75, 3.05) is 72.6 Å². The van der Waals surface area contributed by atoms with Crippen molar-refractivity contribution < 1.29 is 10.2 Å². The Hall–Kier alpha value is -0.200. The Balaban J connectivity index is 2.18. The summed E-state index contributed by atoms with van der Waals surface area (Å²) in [6, 6.07) is 0. The minimum atomic E-state index is 0.254. The van der Waals surface area contributed by atoms with Crippen LogP contribution in [0.15, 0.2) is 0 Å². The van der Waals surface area contributed by atoms with Crippen LogP contribution in [0.1, 0.15) is 12.8 Å². The smallest absolute Gasteiger partial charge is 0.0443 e. The summed E-state index contributed by atoms with van der Waals surface area (Å²) < 4.78 is 0. The van der Waals surface area contributed by atoms with Gasteiger partial charge in [0.15, 0.2) is 0 Å². The molecule has 18 heavy (non-hydrogen) atoms. The number of rotatable bonds is 9. The molecule has 1 saturated heterocycles. The van der Waals surface area contributed by atoms with E-state index in [9.17, 15) is 0 Å². The Morgan fingerprint density at radius 2 is 1.44 bits per heavy atom. The molecule has 2 N–H and O–H groups in total. The van der Waals surface area contributed by atoms with Crippen molar-refractivity contribution in [2.45, 2.75) is 12.8 Å². The van der Waals surface area contributed by atoms with Gasteiger partial charge in [-0.1, -0.05) is 0 Å². The summed E-state index contributed by atoms with van der Waals surface area (Å²) in [4.78, 5) is 7.22. The quantitative estimate of drug-likeness (QED) is 0.573. The van der Waals surface area contributed by atoms with Gasteiger partial charge in [0.2, 0.25) is 0 Å². The summed E-state index contributed by atoms with van der Waals surface area (Å²) in [5.41, 5.74) is 0. The zero-order valence-corrected chi connectivity index (χ0v) is 11.7. The molecule has 0 unspecified atom stereocenters. The number of hydrogen-bond acceptors (Lipinski definition) is 5. The molecule has 0 bridgehead atoms. The summed E-state index contributed by atoms with van der Waals surface area (Å²) in [6.45, 7) is 9.16. The highest BCUT2D eigenvalue weighted by molar-refractivity contribution is 4.71. The lowest BCUT2D eigenvalue weighted by molar-refractivity contribution is 0.128. The van der Waals surface area contributed by atoms with Crippen LogP contribution in [0.5, 0.6) is 0 Å². The minimum absolute atomic E-state index is 0.254. The molecule has 0 amide bonds. The van der Waals surface area contributed by atoms with Gasteiger partial charge in [-0.2, -0.15) is 0 Å². The maximum atomic E-state index is 8.89. The number of nitrogens with zero attached hydrogens (tertiary/aromatic N) is 3. The lowest BCUT2D eigenvalue weighted by atomic mass is 10.3. The van der Waals surface area contributed by atoms with E-state index in [1.165, 1.54) is 0 Å². The van der Waals surface area contributed by atoms with Crippen LogP contribution >= 0.6 is 0 Å². The molecule has 0 spiro atoms.